The minimum Gasteiger partial charge on any atom is -0.493 e. The predicted octanol–water partition coefficient (Wildman–Crippen LogP) is 6.56. The Labute approximate surface area is 286 Å². The van der Waals surface area contributed by atoms with Crippen LogP contribution in [0.3, 0.4) is 0 Å². The minimum atomic E-state index is -0.672. The first kappa shape index (κ1) is 32.9. The quantitative estimate of drug-likeness (QED) is 0.151. The van der Waals surface area contributed by atoms with Gasteiger partial charge in [0.15, 0.2) is 23.1 Å². The molecule has 13 heteroatoms. The fraction of sp³-hybridized carbons (Fsp3) is 0.243. The number of benzene rings is 3. The van der Waals surface area contributed by atoms with Gasteiger partial charge in [-0.1, -0.05) is 0 Å². The van der Waals surface area contributed by atoms with Crippen LogP contribution in [0.2, 0.25) is 0 Å². The van der Waals surface area contributed by atoms with Gasteiger partial charge in [0, 0.05) is 55.0 Å². The number of halogens is 2. The van der Waals surface area contributed by atoms with E-state index < -0.39 is 11.6 Å². The first-order valence-electron chi connectivity index (χ1n) is 16.2. The van der Waals surface area contributed by atoms with Crippen LogP contribution in [0, 0.1) is 18.6 Å². The number of pyridine rings is 2. The van der Waals surface area contributed by atoms with Crippen molar-refractivity contribution in [3.05, 3.63) is 107 Å². The third kappa shape index (κ3) is 6.91. The number of rotatable bonds is 11. The average molecular weight is 681 g/mol. The fourth-order valence-corrected chi connectivity index (χ4v) is 5.98. The standard InChI is InChI=1S/C37H34F2N6O5/c1-23-18-24-10-11-40-35(34(24)37(46)45(23)27-7-4-25(38)5-8-27)43-26-6-9-31(29(39)19-26)50-36-28-20-33(32(47-2)21-30(28)41-22-42-36)49-15-3-12-44-13-16-48-17-14-44/h4-11,18-22H,3,12-17H2,1-2H3,(H,40,43). The monoisotopic (exact) mass is 680 g/mol. The van der Waals surface area contributed by atoms with Gasteiger partial charge < -0.3 is 24.3 Å². The lowest BCUT2D eigenvalue weighted by molar-refractivity contribution is 0.0357. The molecule has 0 radical (unpaired) electrons. The van der Waals surface area contributed by atoms with Crippen LogP contribution in [0.4, 0.5) is 20.3 Å². The molecule has 4 heterocycles. The molecule has 0 unspecified atom stereocenters. The number of fused-ring (bicyclic) bond motifs is 2. The van der Waals surface area contributed by atoms with Gasteiger partial charge >= 0.3 is 0 Å². The maximum absolute atomic E-state index is 15.6. The van der Waals surface area contributed by atoms with Gasteiger partial charge in [0.2, 0.25) is 5.88 Å². The van der Waals surface area contributed by atoms with Gasteiger partial charge in [0.25, 0.3) is 5.56 Å². The molecule has 256 valence electrons. The van der Waals surface area contributed by atoms with E-state index in [-0.39, 0.29) is 23.0 Å². The van der Waals surface area contributed by atoms with E-state index in [1.165, 1.54) is 47.3 Å². The Hall–Kier alpha value is -5.66. The Morgan fingerprint density at radius 1 is 0.920 bits per heavy atom. The Morgan fingerprint density at radius 3 is 2.52 bits per heavy atom. The smallest absolute Gasteiger partial charge is 0.266 e. The number of aromatic nitrogens is 4. The molecule has 11 nitrogen and oxygen atoms in total. The van der Waals surface area contributed by atoms with Crippen molar-refractivity contribution in [1.29, 1.82) is 0 Å². The van der Waals surface area contributed by atoms with E-state index in [2.05, 4.69) is 25.2 Å². The van der Waals surface area contributed by atoms with Crippen LogP contribution in [0.1, 0.15) is 12.1 Å². The predicted molar refractivity (Wildman–Crippen MR) is 185 cm³/mol. The largest absolute Gasteiger partial charge is 0.493 e. The maximum atomic E-state index is 15.6. The van der Waals surface area contributed by atoms with Gasteiger partial charge in [0.05, 0.1) is 43.2 Å². The molecular weight excluding hydrogens is 646 g/mol. The van der Waals surface area contributed by atoms with Gasteiger partial charge in [-0.05, 0) is 73.3 Å². The summed E-state index contributed by atoms with van der Waals surface area (Å²) in [6.45, 7) is 6.46. The van der Waals surface area contributed by atoms with E-state index in [9.17, 15) is 9.18 Å². The molecule has 0 amide bonds. The van der Waals surface area contributed by atoms with E-state index >= 15 is 4.39 Å². The van der Waals surface area contributed by atoms with Crippen molar-refractivity contribution in [2.45, 2.75) is 13.3 Å². The van der Waals surface area contributed by atoms with Gasteiger partial charge in [-0.25, -0.2) is 23.7 Å². The summed E-state index contributed by atoms with van der Waals surface area (Å²) in [7, 11) is 1.56. The number of anilines is 2. The highest BCUT2D eigenvalue weighted by molar-refractivity contribution is 5.93. The van der Waals surface area contributed by atoms with Gasteiger partial charge in [-0.15, -0.1) is 0 Å². The Kier molecular flexibility index (Phi) is 9.49. The van der Waals surface area contributed by atoms with E-state index in [1.54, 1.807) is 44.5 Å². The zero-order valence-electron chi connectivity index (χ0n) is 27.5. The second-order valence-electron chi connectivity index (χ2n) is 11.8. The Morgan fingerprint density at radius 2 is 1.74 bits per heavy atom. The van der Waals surface area contributed by atoms with Gasteiger partial charge in [0.1, 0.15) is 18.0 Å². The van der Waals surface area contributed by atoms with Crippen LogP contribution >= 0.6 is 0 Å². The van der Waals surface area contributed by atoms with Crippen LogP contribution in [0.15, 0.2) is 84.0 Å². The molecule has 0 atom stereocenters. The number of hydrogen-bond donors (Lipinski definition) is 1. The third-order valence-electron chi connectivity index (χ3n) is 8.47. The first-order valence-corrected chi connectivity index (χ1v) is 16.2. The summed E-state index contributed by atoms with van der Waals surface area (Å²) in [4.78, 5) is 29.1. The average Bonchev–Trinajstić information content (AvgIpc) is 3.12. The highest BCUT2D eigenvalue weighted by Gasteiger charge is 2.18. The van der Waals surface area contributed by atoms with Crippen molar-refractivity contribution < 1.29 is 27.7 Å². The Bertz CT molecular complexity index is 2220. The Balaban J connectivity index is 1.12. The lowest BCUT2D eigenvalue weighted by Gasteiger charge is -2.26. The van der Waals surface area contributed by atoms with E-state index in [0.717, 1.165) is 39.3 Å². The van der Waals surface area contributed by atoms with Crippen LogP contribution in [0.5, 0.6) is 23.1 Å². The number of aryl methyl sites for hydroxylation is 1. The fourth-order valence-electron chi connectivity index (χ4n) is 5.98. The minimum absolute atomic E-state index is 0.0699. The van der Waals surface area contributed by atoms with Crippen molar-refractivity contribution >= 4 is 33.2 Å². The summed E-state index contributed by atoms with van der Waals surface area (Å²) in [6, 6.07) is 17.0. The summed E-state index contributed by atoms with van der Waals surface area (Å²) >= 11 is 0. The van der Waals surface area contributed by atoms with Crippen molar-refractivity contribution in [1.82, 2.24) is 24.4 Å². The zero-order valence-corrected chi connectivity index (χ0v) is 27.5. The molecule has 3 aromatic carbocycles. The van der Waals surface area contributed by atoms with Crippen molar-refractivity contribution in [2.24, 2.45) is 0 Å². The van der Waals surface area contributed by atoms with Crippen LogP contribution < -0.4 is 25.1 Å². The molecule has 3 aromatic heterocycles. The van der Waals surface area contributed by atoms with E-state index in [1.807, 2.05) is 6.07 Å². The molecule has 1 aliphatic rings. The van der Waals surface area contributed by atoms with Crippen LogP contribution in [-0.4, -0.2) is 71.0 Å². The highest BCUT2D eigenvalue weighted by atomic mass is 19.1. The molecule has 1 fully saturated rings. The molecule has 1 saturated heterocycles. The van der Waals surface area contributed by atoms with Crippen LogP contribution in [-0.2, 0) is 4.74 Å². The molecule has 7 rings (SSSR count). The second-order valence-corrected chi connectivity index (χ2v) is 11.8. The number of ether oxygens (including phenoxy) is 4. The SMILES string of the molecule is COc1cc2ncnc(Oc3ccc(Nc4nccc5cc(C)n(-c6ccc(F)cc6)c(=O)c45)cc3F)c2cc1OCCCN1CCOCC1. The maximum Gasteiger partial charge on any atom is 0.266 e. The molecule has 0 spiro atoms. The number of nitrogens with one attached hydrogen (secondary N) is 1. The normalized spacial score (nSPS) is 13.4. The lowest BCUT2D eigenvalue weighted by atomic mass is 10.1. The van der Waals surface area contributed by atoms with E-state index in [0.29, 0.717) is 56.8 Å². The summed E-state index contributed by atoms with van der Waals surface area (Å²) in [5.74, 6) is 0.243. The molecule has 1 aliphatic heterocycles. The van der Waals surface area contributed by atoms with E-state index in [4.69, 9.17) is 18.9 Å². The summed E-state index contributed by atoms with van der Waals surface area (Å²) < 4.78 is 53.7. The highest BCUT2D eigenvalue weighted by Crippen LogP contribution is 2.37. The second kappa shape index (κ2) is 14.4. The van der Waals surface area contributed by atoms with Crippen molar-refractivity contribution in [2.75, 3.05) is 51.9 Å². The number of methoxy groups -OCH3 is 1. The number of hydrogen-bond acceptors (Lipinski definition) is 10. The van der Waals surface area contributed by atoms with Gasteiger partial charge in [-0.2, -0.15) is 0 Å². The zero-order chi connectivity index (χ0) is 34.6. The lowest BCUT2D eigenvalue weighted by Crippen LogP contribution is -2.37. The molecule has 0 saturated carbocycles. The van der Waals surface area contributed by atoms with Crippen molar-refractivity contribution in [3.8, 4) is 28.8 Å². The molecule has 0 aliphatic carbocycles. The topological polar surface area (TPSA) is 113 Å². The van der Waals surface area contributed by atoms with Gasteiger partial charge in [-0.3, -0.25) is 14.3 Å². The van der Waals surface area contributed by atoms with Crippen LogP contribution in [0.25, 0.3) is 27.4 Å². The summed E-state index contributed by atoms with van der Waals surface area (Å²) in [5, 5.41) is 4.54. The molecule has 0 bridgehead atoms. The summed E-state index contributed by atoms with van der Waals surface area (Å²) in [6.07, 6.45) is 3.72. The molecule has 50 heavy (non-hydrogen) atoms. The molecule has 1 N–H and O–H groups in total. The molecule has 6 aromatic rings. The van der Waals surface area contributed by atoms with Crippen molar-refractivity contribution in [3.63, 3.8) is 0 Å². The summed E-state index contributed by atoms with van der Waals surface area (Å²) in [5.41, 5.74) is 1.70. The number of nitrogens with zero attached hydrogens (tertiary/aromatic N) is 5. The first-order chi connectivity index (χ1) is 24.4. The number of morpholine rings is 1. The third-order valence-corrected chi connectivity index (χ3v) is 8.47. The molecular formula is C37H34F2N6O5.